The number of methoxy groups -OCH3 is 1. The second-order valence-corrected chi connectivity index (χ2v) is 5.19. The van der Waals surface area contributed by atoms with Gasteiger partial charge in [-0.25, -0.2) is 14.3 Å². The highest BCUT2D eigenvalue weighted by atomic mass is 16.5. The maximum absolute atomic E-state index is 12.1. The number of benzene rings is 1. The van der Waals surface area contributed by atoms with Gasteiger partial charge in [0.15, 0.2) is 17.1 Å². The molecule has 0 unspecified atom stereocenters. The van der Waals surface area contributed by atoms with Gasteiger partial charge in [0.2, 0.25) is 0 Å². The van der Waals surface area contributed by atoms with E-state index in [1.165, 1.54) is 18.0 Å². The summed E-state index contributed by atoms with van der Waals surface area (Å²) in [5.74, 6) is -0.921. The molecule has 0 radical (unpaired) electrons. The Balaban J connectivity index is 2.18. The Morgan fingerprint density at radius 1 is 1.33 bits per heavy atom. The van der Waals surface area contributed by atoms with Gasteiger partial charge in [-0.3, -0.25) is 4.68 Å². The minimum atomic E-state index is -0.699. The Morgan fingerprint density at radius 2 is 2.17 bits per heavy atom. The number of hydrogen-bond donors (Lipinski definition) is 1. The largest absolute Gasteiger partial charge is 0.505 e. The Kier molecular flexibility index (Phi) is 2.95. The van der Waals surface area contributed by atoms with E-state index in [2.05, 4.69) is 20.4 Å². The number of hydrogen-bond acceptors (Lipinski definition) is 7. The highest BCUT2D eigenvalue weighted by molar-refractivity contribution is 6.10. The molecule has 1 aromatic carbocycles. The van der Waals surface area contributed by atoms with Gasteiger partial charge in [-0.15, -0.1) is 5.10 Å². The van der Waals surface area contributed by atoms with Gasteiger partial charge in [-0.05, 0) is 0 Å². The van der Waals surface area contributed by atoms with Crippen molar-refractivity contribution >= 4 is 22.4 Å². The summed E-state index contributed by atoms with van der Waals surface area (Å²) in [6, 6.07) is 5.31. The first-order valence-corrected chi connectivity index (χ1v) is 7.04. The quantitative estimate of drug-likeness (QED) is 0.551. The van der Waals surface area contributed by atoms with Crippen LogP contribution in [0.25, 0.3) is 27.7 Å². The first-order chi connectivity index (χ1) is 11.6. The molecule has 1 N–H and O–H groups in total. The second-order valence-electron chi connectivity index (χ2n) is 5.19. The molecule has 0 aliphatic rings. The summed E-state index contributed by atoms with van der Waals surface area (Å²) in [6.45, 7) is 0. The molecule has 3 heterocycles. The van der Waals surface area contributed by atoms with Crippen LogP contribution in [0.5, 0.6) is 5.75 Å². The van der Waals surface area contributed by atoms with Crippen molar-refractivity contribution in [1.29, 1.82) is 0 Å². The highest BCUT2D eigenvalue weighted by Crippen LogP contribution is 2.37. The summed E-state index contributed by atoms with van der Waals surface area (Å²) in [5.41, 5.74) is 1.70. The monoisotopic (exact) mass is 324 g/mol. The molecule has 0 spiro atoms. The van der Waals surface area contributed by atoms with Gasteiger partial charge < -0.3 is 9.84 Å². The van der Waals surface area contributed by atoms with Crippen molar-refractivity contribution in [2.75, 3.05) is 7.11 Å². The van der Waals surface area contributed by atoms with Crippen LogP contribution >= 0.6 is 0 Å². The number of fused-ring (bicyclic) bond motifs is 3. The average Bonchev–Trinajstić information content (AvgIpc) is 3.23. The van der Waals surface area contributed by atoms with E-state index >= 15 is 0 Å². The maximum Gasteiger partial charge on any atom is 0.360 e. The molecule has 0 atom stereocenters. The van der Waals surface area contributed by atoms with Gasteiger partial charge in [0.1, 0.15) is 12.0 Å². The Labute approximate surface area is 135 Å². The van der Waals surface area contributed by atoms with Gasteiger partial charge in [0.05, 0.1) is 13.3 Å². The predicted octanol–water partition coefficient (Wildman–Crippen LogP) is 1.17. The van der Waals surface area contributed by atoms with Crippen LogP contribution in [0, 0.1) is 0 Å². The van der Waals surface area contributed by atoms with E-state index in [9.17, 15) is 9.90 Å². The second kappa shape index (κ2) is 5.01. The summed E-state index contributed by atoms with van der Waals surface area (Å²) in [7, 11) is 3.01. The summed E-state index contributed by atoms with van der Waals surface area (Å²) in [4.78, 5) is 16.3. The topological polar surface area (TPSA) is 107 Å². The minimum Gasteiger partial charge on any atom is -0.505 e. The molecule has 0 aliphatic carbocycles. The number of nitrogens with zero attached hydrogens (tertiary/aromatic N) is 6. The fourth-order valence-electron chi connectivity index (χ4n) is 2.76. The molecule has 24 heavy (non-hydrogen) atoms. The number of aromatic hydroxyl groups is 1. The summed E-state index contributed by atoms with van der Waals surface area (Å²) in [6.07, 6.45) is 3.07. The molecule has 0 amide bonds. The highest BCUT2D eigenvalue weighted by Gasteiger charge is 2.24. The molecule has 0 aliphatic heterocycles. The van der Waals surface area contributed by atoms with Crippen molar-refractivity contribution in [3.8, 4) is 17.0 Å². The Bertz CT molecular complexity index is 1100. The zero-order chi connectivity index (χ0) is 16.8. The summed E-state index contributed by atoms with van der Waals surface area (Å²) >= 11 is 0. The normalized spacial score (nSPS) is 11.2. The molecule has 3 aromatic heterocycles. The molecule has 120 valence electrons. The van der Waals surface area contributed by atoms with Crippen molar-refractivity contribution < 1.29 is 14.6 Å². The fourth-order valence-corrected chi connectivity index (χ4v) is 2.76. The molecule has 0 bridgehead atoms. The van der Waals surface area contributed by atoms with Crippen LogP contribution in [0.1, 0.15) is 10.5 Å². The lowest BCUT2D eigenvalue weighted by Crippen LogP contribution is -2.10. The van der Waals surface area contributed by atoms with Crippen LogP contribution < -0.4 is 0 Å². The van der Waals surface area contributed by atoms with Crippen molar-refractivity contribution in [3.63, 3.8) is 0 Å². The molecular weight excluding hydrogens is 312 g/mol. The standard InChI is InChI=1S/C15H12N6O3/c1-20-6-10(18-19-20)8-4-3-5-9-11(8)14-16-7-17-21(14)12(13(9)22)15(23)24-2/h3-7,22H,1-2H3. The van der Waals surface area contributed by atoms with Gasteiger partial charge >= 0.3 is 5.97 Å². The van der Waals surface area contributed by atoms with Gasteiger partial charge in [-0.2, -0.15) is 5.10 Å². The zero-order valence-corrected chi connectivity index (χ0v) is 12.8. The number of rotatable bonds is 2. The van der Waals surface area contributed by atoms with Crippen LogP contribution in [0.2, 0.25) is 0 Å². The predicted molar refractivity (Wildman–Crippen MR) is 83.5 cm³/mol. The van der Waals surface area contributed by atoms with E-state index in [0.717, 1.165) is 5.56 Å². The summed E-state index contributed by atoms with van der Waals surface area (Å²) < 4.78 is 7.60. The number of esters is 1. The molecule has 4 rings (SSSR count). The Hall–Kier alpha value is -3.49. The van der Waals surface area contributed by atoms with Gasteiger partial charge in [-0.1, -0.05) is 23.4 Å². The van der Waals surface area contributed by atoms with Gasteiger partial charge in [0, 0.05) is 23.4 Å². The Morgan fingerprint density at radius 3 is 2.88 bits per heavy atom. The molecule has 0 fully saturated rings. The first-order valence-electron chi connectivity index (χ1n) is 7.04. The van der Waals surface area contributed by atoms with Crippen molar-refractivity contribution in [3.05, 3.63) is 36.4 Å². The summed E-state index contributed by atoms with van der Waals surface area (Å²) in [5, 5.41) is 23.8. The molecule has 9 nitrogen and oxygen atoms in total. The van der Waals surface area contributed by atoms with E-state index in [1.807, 2.05) is 6.07 Å². The van der Waals surface area contributed by atoms with Crippen molar-refractivity contribution in [1.82, 2.24) is 29.6 Å². The van der Waals surface area contributed by atoms with Crippen LogP contribution in [0.3, 0.4) is 0 Å². The molecule has 0 saturated carbocycles. The first kappa shape index (κ1) is 14.1. The number of carbonyl (C=O) groups excluding carboxylic acids is 1. The van der Waals surface area contributed by atoms with E-state index in [1.54, 1.807) is 30.1 Å². The van der Waals surface area contributed by atoms with Crippen molar-refractivity contribution in [2.45, 2.75) is 0 Å². The minimum absolute atomic E-state index is 0.0752. The third kappa shape index (κ3) is 1.84. The smallest absolute Gasteiger partial charge is 0.360 e. The average molecular weight is 324 g/mol. The van der Waals surface area contributed by atoms with Crippen LogP contribution in [-0.2, 0) is 11.8 Å². The number of ether oxygens (including phenoxy) is 1. The lowest BCUT2D eigenvalue weighted by molar-refractivity contribution is 0.0587. The van der Waals surface area contributed by atoms with Crippen LogP contribution in [0.15, 0.2) is 30.7 Å². The maximum atomic E-state index is 12.1. The lowest BCUT2D eigenvalue weighted by atomic mass is 10.0. The zero-order valence-electron chi connectivity index (χ0n) is 12.8. The number of aromatic nitrogens is 6. The number of carbonyl (C=O) groups is 1. The van der Waals surface area contributed by atoms with Crippen LogP contribution in [0.4, 0.5) is 0 Å². The number of aryl methyl sites for hydroxylation is 1. The van der Waals surface area contributed by atoms with E-state index in [-0.39, 0.29) is 11.4 Å². The van der Waals surface area contributed by atoms with Crippen LogP contribution in [-0.4, -0.2) is 47.8 Å². The van der Waals surface area contributed by atoms with Crippen molar-refractivity contribution in [2.24, 2.45) is 7.05 Å². The molecule has 4 aromatic rings. The van der Waals surface area contributed by atoms with E-state index < -0.39 is 5.97 Å². The molecular formula is C15H12N6O3. The third-order valence-electron chi connectivity index (χ3n) is 3.78. The van der Waals surface area contributed by atoms with Gasteiger partial charge in [0.25, 0.3) is 0 Å². The third-order valence-corrected chi connectivity index (χ3v) is 3.78. The SMILES string of the molecule is COC(=O)c1c(O)c2cccc(-c3cn(C)nn3)c2c2ncnn12. The van der Waals surface area contributed by atoms with E-state index in [0.29, 0.717) is 22.1 Å². The molecule has 0 saturated heterocycles. The fraction of sp³-hybridized carbons (Fsp3) is 0.133. The van der Waals surface area contributed by atoms with E-state index in [4.69, 9.17) is 4.74 Å². The number of pyridine rings is 1. The molecule has 9 heteroatoms. The lowest BCUT2D eigenvalue weighted by Gasteiger charge is -2.11.